The Labute approximate surface area is 206 Å². The lowest BCUT2D eigenvalue weighted by atomic mass is 9.82. The van der Waals surface area contributed by atoms with Gasteiger partial charge in [-0.05, 0) is 38.2 Å². The first-order valence-electron chi connectivity index (χ1n) is 12.0. The van der Waals surface area contributed by atoms with Crippen LogP contribution in [0.4, 0.5) is 5.82 Å². The summed E-state index contributed by atoms with van der Waals surface area (Å²) in [6.45, 7) is 9.93. The van der Waals surface area contributed by atoms with Gasteiger partial charge in [0.15, 0.2) is 0 Å². The minimum Gasteiger partial charge on any atom is -0.381 e. The molecule has 0 aliphatic carbocycles. The van der Waals surface area contributed by atoms with Gasteiger partial charge in [-0.1, -0.05) is 18.5 Å². The minimum absolute atomic E-state index is 0.0777. The van der Waals surface area contributed by atoms with Gasteiger partial charge >= 0.3 is 0 Å². The molecule has 4 rings (SSSR count). The van der Waals surface area contributed by atoms with Gasteiger partial charge in [0.05, 0.1) is 41.2 Å². The molecule has 2 aromatic heterocycles. The Morgan fingerprint density at radius 2 is 2.09 bits per heavy atom. The second-order valence-corrected chi connectivity index (χ2v) is 10.3. The van der Waals surface area contributed by atoms with E-state index in [0.717, 1.165) is 32.6 Å². The molecular weight excluding hydrogens is 454 g/mol. The summed E-state index contributed by atoms with van der Waals surface area (Å²) in [7, 11) is 0. The van der Waals surface area contributed by atoms with Crippen molar-refractivity contribution >= 4 is 23.2 Å². The fraction of sp³-hybridized carbons (Fsp3) is 0.600. The number of halogens is 1. The Bertz CT molecular complexity index is 996. The lowest BCUT2D eigenvalue weighted by Gasteiger charge is -2.33. The molecule has 2 N–H and O–H groups in total. The van der Waals surface area contributed by atoms with E-state index in [0.29, 0.717) is 40.9 Å². The molecule has 9 heteroatoms. The van der Waals surface area contributed by atoms with Gasteiger partial charge in [0.1, 0.15) is 11.6 Å². The number of hydrogen-bond donors (Lipinski definition) is 2. The summed E-state index contributed by atoms with van der Waals surface area (Å²) >= 11 is 6.47. The molecule has 0 unspecified atom stereocenters. The Morgan fingerprint density at radius 3 is 2.85 bits per heavy atom. The van der Waals surface area contributed by atoms with Crippen molar-refractivity contribution in [2.75, 3.05) is 38.2 Å². The molecule has 0 radical (unpaired) electrons. The zero-order valence-electron chi connectivity index (χ0n) is 20.1. The molecule has 0 spiro atoms. The normalized spacial score (nSPS) is 22.1. The number of pyridine rings is 1. The standard InChI is InChI=1S/C25H34ClN5O3/c1-16(2)34-23-13-27-10-19(23)22(32)9-17-8-18(20(26)11-29-17)21-12-28-14-24(31-21)30-15-25(3)4-6-33-7-5-25/h8,11-12,14,16,19,23,27H,4-7,9-10,13,15H2,1-3H3,(H,30,31)/t19-,23+/m1/s1. The summed E-state index contributed by atoms with van der Waals surface area (Å²) in [5, 5.41) is 7.17. The molecule has 2 aromatic rings. The Balaban J connectivity index is 1.45. The summed E-state index contributed by atoms with van der Waals surface area (Å²) in [5.74, 6) is 0.631. The van der Waals surface area contributed by atoms with Crippen molar-refractivity contribution in [2.24, 2.45) is 11.3 Å². The SMILES string of the molecule is CC(C)O[C@H]1CNC[C@@H]1C(=O)Cc1cc(-c2cncc(NCC3(C)CCOCC3)n2)c(Cl)cn1. The minimum atomic E-state index is -0.179. The summed E-state index contributed by atoms with van der Waals surface area (Å²) < 4.78 is 11.4. The molecule has 2 saturated heterocycles. The highest BCUT2D eigenvalue weighted by atomic mass is 35.5. The summed E-state index contributed by atoms with van der Waals surface area (Å²) in [5.41, 5.74) is 2.19. The van der Waals surface area contributed by atoms with Crippen molar-refractivity contribution in [1.29, 1.82) is 0 Å². The van der Waals surface area contributed by atoms with Crippen LogP contribution in [0.25, 0.3) is 11.3 Å². The maximum Gasteiger partial charge on any atom is 0.145 e. The van der Waals surface area contributed by atoms with Gasteiger partial charge in [0.2, 0.25) is 0 Å². The van der Waals surface area contributed by atoms with Gasteiger partial charge in [-0.3, -0.25) is 14.8 Å². The van der Waals surface area contributed by atoms with Crippen LogP contribution >= 0.6 is 11.6 Å². The van der Waals surface area contributed by atoms with Crippen molar-refractivity contribution in [3.05, 3.63) is 35.4 Å². The summed E-state index contributed by atoms with van der Waals surface area (Å²) in [4.78, 5) is 26.5. The Kier molecular flexibility index (Phi) is 8.14. The van der Waals surface area contributed by atoms with Gasteiger partial charge in [0, 0.05) is 56.7 Å². The quantitative estimate of drug-likeness (QED) is 0.554. The van der Waals surface area contributed by atoms with Crippen LogP contribution < -0.4 is 10.6 Å². The molecule has 8 nitrogen and oxygen atoms in total. The molecule has 0 bridgehead atoms. The first-order chi connectivity index (χ1) is 16.3. The van der Waals surface area contributed by atoms with Gasteiger partial charge < -0.3 is 20.1 Å². The van der Waals surface area contributed by atoms with Crippen LogP contribution in [0, 0.1) is 11.3 Å². The van der Waals surface area contributed by atoms with Crippen molar-refractivity contribution in [3.8, 4) is 11.3 Å². The highest BCUT2D eigenvalue weighted by Gasteiger charge is 2.34. The molecule has 0 saturated carbocycles. The van der Waals surface area contributed by atoms with Crippen LogP contribution in [0.2, 0.25) is 5.02 Å². The molecule has 2 atom stereocenters. The number of nitrogens with one attached hydrogen (secondary N) is 2. The number of carbonyl (C=O) groups is 1. The number of carbonyl (C=O) groups excluding carboxylic acids is 1. The zero-order valence-corrected chi connectivity index (χ0v) is 20.9. The third kappa shape index (κ3) is 6.30. The average Bonchev–Trinajstić information content (AvgIpc) is 3.27. The maximum atomic E-state index is 13.0. The topological polar surface area (TPSA) is 98.3 Å². The number of Topliss-reactive ketones (excluding diaryl/α,β-unsaturated/α-hetero) is 1. The molecule has 184 valence electrons. The highest BCUT2D eigenvalue weighted by Crippen LogP contribution is 2.31. The molecule has 0 amide bonds. The molecule has 34 heavy (non-hydrogen) atoms. The maximum absolute atomic E-state index is 13.0. The van der Waals surface area contributed by atoms with E-state index in [1.54, 1.807) is 18.6 Å². The summed E-state index contributed by atoms with van der Waals surface area (Å²) in [6, 6.07) is 1.84. The van der Waals surface area contributed by atoms with Crippen molar-refractivity contribution in [1.82, 2.24) is 20.3 Å². The van der Waals surface area contributed by atoms with E-state index in [4.69, 9.17) is 26.1 Å². The molecule has 0 aromatic carbocycles. The van der Waals surface area contributed by atoms with Gasteiger partial charge in [0.25, 0.3) is 0 Å². The number of anilines is 1. The number of hydrogen-bond acceptors (Lipinski definition) is 8. The first-order valence-corrected chi connectivity index (χ1v) is 12.4. The van der Waals surface area contributed by atoms with Crippen LogP contribution in [0.5, 0.6) is 0 Å². The Morgan fingerprint density at radius 1 is 1.29 bits per heavy atom. The molecule has 4 heterocycles. The zero-order chi connectivity index (χ0) is 24.1. The lowest BCUT2D eigenvalue weighted by Crippen LogP contribution is -2.33. The van der Waals surface area contributed by atoms with Gasteiger partial charge in [-0.2, -0.15) is 0 Å². The van der Waals surface area contributed by atoms with E-state index < -0.39 is 0 Å². The van der Waals surface area contributed by atoms with E-state index in [1.165, 1.54) is 0 Å². The first kappa shape index (κ1) is 25.0. The fourth-order valence-electron chi connectivity index (χ4n) is 4.48. The molecule has 2 fully saturated rings. The van der Waals surface area contributed by atoms with Crippen LogP contribution in [0.3, 0.4) is 0 Å². The van der Waals surface area contributed by atoms with E-state index in [9.17, 15) is 4.79 Å². The second kappa shape index (κ2) is 11.1. The summed E-state index contributed by atoms with van der Waals surface area (Å²) in [6.07, 6.45) is 7.20. The Hall–Kier alpha value is -2.13. The van der Waals surface area contributed by atoms with Gasteiger partial charge in [-0.15, -0.1) is 0 Å². The van der Waals surface area contributed by atoms with Gasteiger partial charge in [-0.25, -0.2) is 4.98 Å². The van der Waals surface area contributed by atoms with E-state index >= 15 is 0 Å². The number of ketones is 1. The third-order valence-corrected chi connectivity index (χ3v) is 6.89. The predicted octanol–water partition coefficient (Wildman–Crippen LogP) is 3.55. The number of aromatic nitrogens is 3. The second-order valence-electron chi connectivity index (χ2n) is 9.85. The van der Waals surface area contributed by atoms with Crippen LogP contribution in [-0.2, 0) is 20.7 Å². The third-order valence-electron chi connectivity index (χ3n) is 6.59. The van der Waals surface area contributed by atoms with Crippen molar-refractivity contribution in [2.45, 2.75) is 52.2 Å². The molecular formula is C25H34ClN5O3. The van der Waals surface area contributed by atoms with Crippen LogP contribution in [0.15, 0.2) is 24.7 Å². The monoisotopic (exact) mass is 487 g/mol. The lowest BCUT2D eigenvalue weighted by molar-refractivity contribution is -0.126. The van der Waals surface area contributed by atoms with Crippen LogP contribution in [0.1, 0.15) is 39.3 Å². The fourth-order valence-corrected chi connectivity index (χ4v) is 4.68. The molecule has 2 aliphatic rings. The highest BCUT2D eigenvalue weighted by molar-refractivity contribution is 6.33. The predicted molar refractivity (Wildman–Crippen MR) is 132 cm³/mol. The van der Waals surface area contributed by atoms with E-state index in [2.05, 4.69) is 27.5 Å². The van der Waals surface area contributed by atoms with E-state index in [1.807, 2.05) is 19.9 Å². The molecule has 2 aliphatic heterocycles. The van der Waals surface area contributed by atoms with Crippen molar-refractivity contribution in [3.63, 3.8) is 0 Å². The average molecular weight is 488 g/mol. The van der Waals surface area contributed by atoms with E-state index in [-0.39, 0.29) is 35.7 Å². The number of nitrogens with zero attached hydrogens (tertiary/aromatic N) is 3. The number of ether oxygens (including phenoxy) is 2. The number of rotatable bonds is 9. The smallest absolute Gasteiger partial charge is 0.145 e. The van der Waals surface area contributed by atoms with Crippen LogP contribution in [-0.4, -0.2) is 65.8 Å². The van der Waals surface area contributed by atoms with Crippen molar-refractivity contribution < 1.29 is 14.3 Å². The largest absolute Gasteiger partial charge is 0.381 e.